The molecule has 4 heterocycles. The molecule has 0 bridgehead atoms. The van der Waals surface area contributed by atoms with Gasteiger partial charge >= 0.3 is 0 Å². The number of H-pyrrole nitrogens is 1. The van der Waals surface area contributed by atoms with Crippen LogP contribution < -0.4 is 10.5 Å². The van der Waals surface area contributed by atoms with E-state index in [0.29, 0.717) is 11.5 Å². The molecule has 114 valence electrons. The van der Waals surface area contributed by atoms with Gasteiger partial charge in [-0.15, -0.1) is 27.8 Å². The standard InChI is InChI=1S/C15H9BrN4OS2/c16-10-4-3-8(23-10)11-7(6-17)14(18)21-15-12(11)13(19-20-15)9-2-1-5-22-9/h1-5,11H,18H2,(H,19,20). The van der Waals surface area contributed by atoms with Gasteiger partial charge in [-0.1, -0.05) is 6.07 Å². The van der Waals surface area contributed by atoms with Crippen molar-refractivity contribution in [3.05, 3.63) is 55.3 Å². The molecule has 1 aliphatic heterocycles. The van der Waals surface area contributed by atoms with E-state index in [0.717, 1.165) is 24.8 Å². The van der Waals surface area contributed by atoms with Crippen molar-refractivity contribution in [2.24, 2.45) is 5.73 Å². The van der Waals surface area contributed by atoms with E-state index in [1.165, 1.54) is 0 Å². The lowest BCUT2D eigenvalue weighted by Crippen LogP contribution is -2.20. The summed E-state index contributed by atoms with van der Waals surface area (Å²) in [7, 11) is 0. The Balaban J connectivity index is 1.96. The Labute approximate surface area is 148 Å². The van der Waals surface area contributed by atoms with Gasteiger partial charge in [-0.2, -0.15) is 5.26 Å². The number of aromatic amines is 1. The fraction of sp³-hybridized carbons (Fsp3) is 0.0667. The summed E-state index contributed by atoms with van der Waals surface area (Å²) in [4.78, 5) is 2.06. The van der Waals surface area contributed by atoms with Crippen molar-refractivity contribution in [3.63, 3.8) is 0 Å². The van der Waals surface area contributed by atoms with Gasteiger partial charge in [-0.05, 0) is 39.5 Å². The molecule has 1 atom stereocenters. The summed E-state index contributed by atoms with van der Waals surface area (Å²) in [6.07, 6.45) is 0. The fourth-order valence-corrected chi connectivity index (χ4v) is 4.90. The molecule has 0 aliphatic carbocycles. The third kappa shape index (κ3) is 2.28. The minimum atomic E-state index is -0.282. The van der Waals surface area contributed by atoms with Gasteiger partial charge < -0.3 is 10.5 Å². The fourth-order valence-electron chi connectivity index (χ4n) is 2.62. The lowest BCUT2D eigenvalue weighted by Gasteiger charge is -2.22. The van der Waals surface area contributed by atoms with Crippen molar-refractivity contribution in [1.82, 2.24) is 10.2 Å². The Morgan fingerprint density at radius 2 is 2.26 bits per heavy atom. The van der Waals surface area contributed by atoms with Gasteiger partial charge in [0, 0.05) is 4.88 Å². The molecule has 5 nitrogen and oxygen atoms in total. The van der Waals surface area contributed by atoms with Gasteiger partial charge in [0.2, 0.25) is 11.8 Å². The van der Waals surface area contributed by atoms with Gasteiger partial charge in [-0.25, -0.2) is 0 Å². The molecule has 1 unspecified atom stereocenters. The number of allylic oxidation sites excluding steroid dienone is 1. The van der Waals surface area contributed by atoms with E-state index in [9.17, 15) is 5.26 Å². The van der Waals surface area contributed by atoms with Crippen molar-refractivity contribution in [2.75, 3.05) is 0 Å². The van der Waals surface area contributed by atoms with E-state index in [-0.39, 0.29) is 11.8 Å². The largest absolute Gasteiger partial charge is 0.420 e. The van der Waals surface area contributed by atoms with Crippen LogP contribution in [0.25, 0.3) is 10.6 Å². The number of nitrogens with two attached hydrogens (primary N) is 1. The van der Waals surface area contributed by atoms with Crippen LogP contribution >= 0.6 is 38.6 Å². The van der Waals surface area contributed by atoms with Crippen LogP contribution in [0.5, 0.6) is 5.88 Å². The third-order valence-corrected chi connectivity index (χ3v) is 6.16. The maximum absolute atomic E-state index is 9.58. The number of fused-ring (bicyclic) bond motifs is 1. The van der Waals surface area contributed by atoms with Crippen molar-refractivity contribution < 1.29 is 4.74 Å². The van der Waals surface area contributed by atoms with Crippen molar-refractivity contribution in [2.45, 2.75) is 5.92 Å². The highest BCUT2D eigenvalue weighted by Crippen LogP contribution is 2.48. The molecule has 1 aliphatic rings. The van der Waals surface area contributed by atoms with Gasteiger partial charge in [-0.3, -0.25) is 5.10 Å². The quantitative estimate of drug-likeness (QED) is 0.670. The highest BCUT2D eigenvalue weighted by molar-refractivity contribution is 9.11. The van der Waals surface area contributed by atoms with E-state index in [4.69, 9.17) is 10.5 Å². The summed E-state index contributed by atoms with van der Waals surface area (Å²) < 4.78 is 6.56. The van der Waals surface area contributed by atoms with Crippen LogP contribution in [-0.2, 0) is 0 Å². The minimum Gasteiger partial charge on any atom is -0.420 e. The molecular weight excluding hydrogens is 396 g/mol. The lowest BCUT2D eigenvalue weighted by atomic mass is 9.88. The molecule has 0 amide bonds. The number of hydrogen-bond acceptors (Lipinski definition) is 6. The van der Waals surface area contributed by atoms with Gasteiger partial charge in [0.25, 0.3) is 0 Å². The van der Waals surface area contributed by atoms with Gasteiger partial charge in [0.05, 0.1) is 25.8 Å². The molecule has 0 aromatic carbocycles. The van der Waals surface area contributed by atoms with E-state index in [1.54, 1.807) is 22.7 Å². The molecule has 4 rings (SSSR count). The predicted molar refractivity (Wildman–Crippen MR) is 93.2 cm³/mol. The number of ether oxygens (including phenoxy) is 1. The highest BCUT2D eigenvalue weighted by Gasteiger charge is 2.36. The van der Waals surface area contributed by atoms with E-state index in [1.807, 2.05) is 29.6 Å². The average molecular weight is 405 g/mol. The molecule has 3 aromatic rings. The number of nitriles is 1. The van der Waals surface area contributed by atoms with Crippen molar-refractivity contribution >= 4 is 38.6 Å². The first-order valence-electron chi connectivity index (χ1n) is 6.64. The Bertz CT molecular complexity index is 949. The van der Waals surface area contributed by atoms with Crippen LogP contribution in [-0.4, -0.2) is 10.2 Å². The Kier molecular flexibility index (Phi) is 3.49. The number of rotatable bonds is 2. The first-order chi connectivity index (χ1) is 11.2. The topological polar surface area (TPSA) is 87.7 Å². The maximum atomic E-state index is 9.58. The highest BCUT2D eigenvalue weighted by atomic mass is 79.9. The first-order valence-corrected chi connectivity index (χ1v) is 9.13. The zero-order valence-electron chi connectivity index (χ0n) is 11.5. The van der Waals surface area contributed by atoms with E-state index >= 15 is 0 Å². The summed E-state index contributed by atoms with van der Waals surface area (Å²) in [5.41, 5.74) is 8.07. The lowest BCUT2D eigenvalue weighted by molar-refractivity contribution is 0.379. The van der Waals surface area contributed by atoms with Crippen LogP contribution in [0.3, 0.4) is 0 Å². The Hall–Kier alpha value is -2.08. The summed E-state index contributed by atoms with van der Waals surface area (Å²) in [6, 6.07) is 10.1. The number of aromatic nitrogens is 2. The summed E-state index contributed by atoms with van der Waals surface area (Å²) >= 11 is 6.65. The van der Waals surface area contributed by atoms with Gasteiger partial charge in [0.1, 0.15) is 11.6 Å². The van der Waals surface area contributed by atoms with Crippen molar-refractivity contribution in [1.29, 1.82) is 5.26 Å². The second kappa shape index (κ2) is 5.53. The molecule has 0 saturated heterocycles. The summed E-state index contributed by atoms with van der Waals surface area (Å²) in [5, 5.41) is 18.9. The minimum absolute atomic E-state index is 0.110. The monoisotopic (exact) mass is 404 g/mol. The number of thiophene rings is 2. The zero-order valence-corrected chi connectivity index (χ0v) is 14.8. The number of nitrogens with zero attached hydrogens (tertiary/aromatic N) is 2. The molecule has 0 spiro atoms. The molecule has 0 fully saturated rings. The van der Waals surface area contributed by atoms with Crippen LogP contribution in [0.2, 0.25) is 0 Å². The van der Waals surface area contributed by atoms with E-state index < -0.39 is 0 Å². The smallest absolute Gasteiger partial charge is 0.244 e. The Morgan fingerprint density at radius 1 is 1.39 bits per heavy atom. The molecular formula is C15H9BrN4OS2. The summed E-state index contributed by atoms with van der Waals surface area (Å²) in [5.74, 6) is 0.258. The average Bonchev–Trinajstić information content (AvgIpc) is 3.25. The first kappa shape index (κ1) is 14.5. The normalized spacial score (nSPS) is 16.8. The maximum Gasteiger partial charge on any atom is 0.244 e. The second-order valence-electron chi connectivity index (χ2n) is 4.86. The molecule has 23 heavy (non-hydrogen) atoms. The van der Waals surface area contributed by atoms with Crippen LogP contribution in [0.4, 0.5) is 0 Å². The SMILES string of the molecule is N#CC1=C(N)Oc2n[nH]c(-c3cccs3)c2C1c1ccc(Br)s1. The Morgan fingerprint density at radius 3 is 2.91 bits per heavy atom. The zero-order chi connectivity index (χ0) is 16.0. The third-order valence-electron chi connectivity index (χ3n) is 3.58. The van der Waals surface area contributed by atoms with Crippen LogP contribution in [0.1, 0.15) is 16.4 Å². The van der Waals surface area contributed by atoms with E-state index in [2.05, 4.69) is 32.2 Å². The molecule has 3 N–H and O–H groups in total. The van der Waals surface area contributed by atoms with Gasteiger partial charge in [0.15, 0.2) is 0 Å². The number of nitrogens with one attached hydrogen (secondary N) is 1. The second-order valence-corrected chi connectivity index (χ2v) is 8.30. The molecule has 0 radical (unpaired) electrons. The predicted octanol–water partition coefficient (Wildman–Crippen LogP) is 4.18. The molecule has 8 heteroatoms. The number of halogens is 1. The summed E-state index contributed by atoms with van der Waals surface area (Å²) in [6.45, 7) is 0. The van der Waals surface area contributed by atoms with Crippen molar-refractivity contribution in [3.8, 4) is 22.5 Å². The molecule has 3 aromatic heterocycles. The number of hydrogen-bond donors (Lipinski definition) is 2. The molecule has 0 saturated carbocycles. The van der Waals surface area contributed by atoms with Crippen LogP contribution in [0.15, 0.2) is 44.9 Å². The van der Waals surface area contributed by atoms with Crippen LogP contribution in [0, 0.1) is 11.3 Å².